The van der Waals surface area contributed by atoms with E-state index in [9.17, 15) is 4.79 Å². The number of para-hydroxylation sites is 3. The first kappa shape index (κ1) is 16.5. The summed E-state index contributed by atoms with van der Waals surface area (Å²) in [5, 5.41) is 2.94. The SMILES string of the molecule is Cc1ccccc1Oc1ccccc1NC(=O)c1ccccc1I. The van der Waals surface area contributed by atoms with Crippen LogP contribution in [0.2, 0.25) is 0 Å². The van der Waals surface area contributed by atoms with Crippen LogP contribution >= 0.6 is 22.6 Å². The predicted octanol–water partition coefficient (Wildman–Crippen LogP) is 5.64. The van der Waals surface area contributed by atoms with E-state index in [0.29, 0.717) is 17.0 Å². The van der Waals surface area contributed by atoms with Crippen molar-refractivity contribution in [1.29, 1.82) is 0 Å². The Morgan fingerprint density at radius 2 is 1.50 bits per heavy atom. The van der Waals surface area contributed by atoms with Gasteiger partial charge in [0, 0.05) is 3.57 Å². The highest BCUT2D eigenvalue weighted by Crippen LogP contribution is 2.31. The van der Waals surface area contributed by atoms with Gasteiger partial charge in [-0.2, -0.15) is 0 Å². The minimum atomic E-state index is -0.152. The Hall–Kier alpha value is -2.34. The number of carbonyl (C=O) groups excluding carboxylic acids is 1. The molecule has 1 N–H and O–H groups in total. The van der Waals surface area contributed by atoms with Crippen LogP contribution < -0.4 is 10.1 Å². The third-order valence-corrected chi connectivity index (χ3v) is 4.51. The number of benzene rings is 3. The molecule has 120 valence electrons. The molecule has 24 heavy (non-hydrogen) atoms. The smallest absolute Gasteiger partial charge is 0.256 e. The third-order valence-electron chi connectivity index (χ3n) is 3.57. The van der Waals surface area contributed by atoms with Crippen LogP contribution in [0.1, 0.15) is 15.9 Å². The molecular weight excluding hydrogens is 413 g/mol. The van der Waals surface area contributed by atoms with E-state index >= 15 is 0 Å². The number of carbonyl (C=O) groups is 1. The van der Waals surface area contributed by atoms with Gasteiger partial charge < -0.3 is 10.1 Å². The van der Waals surface area contributed by atoms with Gasteiger partial charge in [0.15, 0.2) is 5.75 Å². The molecule has 4 heteroatoms. The van der Waals surface area contributed by atoms with Crippen LogP contribution in [0, 0.1) is 10.5 Å². The second-order valence-corrected chi connectivity index (χ2v) is 6.46. The van der Waals surface area contributed by atoms with Gasteiger partial charge >= 0.3 is 0 Å². The second-order valence-electron chi connectivity index (χ2n) is 5.30. The maximum atomic E-state index is 12.5. The molecule has 0 aliphatic heterocycles. The summed E-state index contributed by atoms with van der Waals surface area (Å²) in [6, 6.07) is 22.7. The first-order valence-corrected chi connectivity index (χ1v) is 8.61. The summed E-state index contributed by atoms with van der Waals surface area (Å²) >= 11 is 2.16. The van der Waals surface area contributed by atoms with Crippen molar-refractivity contribution in [1.82, 2.24) is 0 Å². The first-order valence-electron chi connectivity index (χ1n) is 7.53. The van der Waals surface area contributed by atoms with Crippen molar-refractivity contribution in [2.24, 2.45) is 0 Å². The average molecular weight is 429 g/mol. The molecule has 3 aromatic rings. The molecule has 3 aromatic carbocycles. The Morgan fingerprint density at radius 3 is 2.25 bits per heavy atom. The molecule has 0 aliphatic rings. The lowest BCUT2D eigenvalue weighted by molar-refractivity contribution is 0.102. The lowest BCUT2D eigenvalue weighted by Crippen LogP contribution is -2.13. The molecule has 1 amide bonds. The lowest BCUT2D eigenvalue weighted by Gasteiger charge is -2.14. The van der Waals surface area contributed by atoms with E-state index in [1.807, 2.05) is 79.7 Å². The largest absolute Gasteiger partial charge is 0.455 e. The topological polar surface area (TPSA) is 38.3 Å². The van der Waals surface area contributed by atoms with Crippen molar-refractivity contribution in [3.05, 3.63) is 87.5 Å². The van der Waals surface area contributed by atoms with Crippen molar-refractivity contribution >= 4 is 34.2 Å². The monoisotopic (exact) mass is 429 g/mol. The summed E-state index contributed by atoms with van der Waals surface area (Å²) in [5.41, 5.74) is 2.32. The summed E-state index contributed by atoms with van der Waals surface area (Å²) in [7, 11) is 0. The Labute approximate surface area is 154 Å². The summed E-state index contributed by atoms with van der Waals surface area (Å²) in [6.45, 7) is 1.99. The van der Waals surface area contributed by atoms with E-state index in [0.717, 1.165) is 14.9 Å². The Morgan fingerprint density at radius 1 is 0.875 bits per heavy atom. The van der Waals surface area contributed by atoms with Crippen LogP contribution in [0.25, 0.3) is 0 Å². The van der Waals surface area contributed by atoms with Gasteiger partial charge in [-0.05, 0) is 65.4 Å². The number of nitrogens with one attached hydrogen (secondary N) is 1. The van der Waals surface area contributed by atoms with Gasteiger partial charge in [-0.1, -0.05) is 42.5 Å². The quantitative estimate of drug-likeness (QED) is 0.545. The number of hydrogen-bond donors (Lipinski definition) is 1. The van der Waals surface area contributed by atoms with Gasteiger partial charge in [-0.3, -0.25) is 4.79 Å². The molecular formula is C20H16INO2. The fourth-order valence-corrected chi connectivity index (χ4v) is 2.92. The fraction of sp³-hybridized carbons (Fsp3) is 0.0500. The van der Waals surface area contributed by atoms with Crippen LogP contribution in [0.4, 0.5) is 5.69 Å². The number of hydrogen-bond acceptors (Lipinski definition) is 2. The number of aryl methyl sites for hydroxylation is 1. The van der Waals surface area contributed by atoms with Crippen LogP contribution in [0.5, 0.6) is 11.5 Å². The Balaban J connectivity index is 1.86. The summed E-state index contributed by atoms with van der Waals surface area (Å²) in [6.07, 6.45) is 0. The normalized spacial score (nSPS) is 10.2. The van der Waals surface area contributed by atoms with Gasteiger partial charge in [0.1, 0.15) is 5.75 Å². The lowest BCUT2D eigenvalue weighted by atomic mass is 10.2. The molecule has 0 heterocycles. The highest BCUT2D eigenvalue weighted by molar-refractivity contribution is 14.1. The highest BCUT2D eigenvalue weighted by atomic mass is 127. The number of anilines is 1. The standard InChI is InChI=1S/C20H16INO2/c1-14-8-2-6-12-18(14)24-19-13-7-5-11-17(19)22-20(23)15-9-3-4-10-16(15)21/h2-13H,1H3,(H,22,23). The van der Waals surface area contributed by atoms with E-state index in [-0.39, 0.29) is 5.91 Å². The zero-order valence-corrected chi connectivity index (χ0v) is 15.3. The van der Waals surface area contributed by atoms with Gasteiger partial charge in [0.2, 0.25) is 0 Å². The average Bonchev–Trinajstić information content (AvgIpc) is 2.59. The van der Waals surface area contributed by atoms with E-state index in [2.05, 4.69) is 27.9 Å². The highest BCUT2D eigenvalue weighted by Gasteiger charge is 2.13. The molecule has 0 bridgehead atoms. The Bertz CT molecular complexity index is 877. The van der Waals surface area contributed by atoms with Crippen molar-refractivity contribution in [2.45, 2.75) is 6.92 Å². The molecule has 0 aromatic heterocycles. The molecule has 3 rings (SSSR count). The van der Waals surface area contributed by atoms with Crippen molar-refractivity contribution in [3.8, 4) is 11.5 Å². The number of halogens is 1. The summed E-state index contributed by atoms with van der Waals surface area (Å²) < 4.78 is 6.90. The van der Waals surface area contributed by atoms with E-state index in [1.54, 1.807) is 0 Å². The van der Waals surface area contributed by atoms with Gasteiger partial charge in [0.25, 0.3) is 5.91 Å². The summed E-state index contributed by atoms with van der Waals surface area (Å²) in [5.74, 6) is 1.24. The van der Waals surface area contributed by atoms with Gasteiger partial charge in [-0.25, -0.2) is 0 Å². The Kier molecular flexibility index (Phi) is 5.15. The molecule has 0 aliphatic carbocycles. The van der Waals surface area contributed by atoms with Gasteiger partial charge in [-0.15, -0.1) is 0 Å². The maximum Gasteiger partial charge on any atom is 0.256 e. The second kappa shape index (κ2) is 7.49. The molecule has 0 unspecified atom stereocenters. The molecule has 0 fully saturated rings. The molecule has 3 nitrogen and oxygen atoms in total. The predicted molar refractivity (Wildman–Crippen MR) is 105 cm³/mol. The summed E-state index contributed by atoms with van der Waals surface area (Å²) in [4.78, 5) is 12.5. The van der Waals surface area contributed by atoms with Crippen LogP contribution in [0.3, 0.4) is 0 Å². The molecule has 0 saturated carbocycles. The molecule has 0 saturated heterocycles. The molecule has 0 atom stereocenters. The first-order chi connectivity index (χ1) is 11.6. The maximum absolute atomic E-state index is 12.5. The minimum Gasteiger partial charge on any atom is -0.455 e. The number of rotatable bonds is 4. The fourth-order valence-electron chi connectivity index (χ4n) is 2.28. The zero-order valence-electron chi connectivity index (χ0n) is 13.1. The van der Waals surface area contributed by atoms with E-state index < -0.39 is 0 Å². The zero-order chi connectivity index (χ0) is 16.9. The van der Waals surface area contributed by atoms with Gasteiger partial charge in [0.05, 0.1) is 11.3 Å². The minimum absolute atomic E-state index is 0.152. The van der Waals surface area contributed by atoms with Crippen molar-refractivity contribution in [2.75, 3.05) is 5.32 Å². The van der Waals surface area contributed by atoms with Crippen LogP contribution in [0.15, 0.2) is 72.8 Å². The van der Waals surface area contributed by atoms with E-state index in [1.165, 1.54) is 0 Å². The third kappa shape index (κ3) is 3.76. The molecule has 0 radical (unpaired) electrons. The molecule has 0 spiro atoms. The van der Waals surface area contributed by atoms with Crippen molar-refractivity contribution < 1.29 is 9.53 Å². The van der Waals surface area contributed by atoms with Crippen LogP contribution in [-0.2, 0) is 0 Å². The van der Waals surface area contributed by atoms with Crippen molar-refractivity contribution in [3.63, 3.8) is 0 Å². The number of ether oxygens (including phenoxy) is 1. The van der Waals surface area contributed by atoms with Crippen LogP contribution in [-0.4, -0.2) is 5.91 Å². The van der Waals surface area contributed by atoms with E-state index in [4.69, 9.17) is 4.74 Å². The number of amides is 1.